The van der Waals surface area contributed by atoms with E-state index in [1.165, 1.54) is 17.5 Å². The third-order valence-electron chi connectivity index (χ3n) is 5.92. The van der Waals surface area contributed by atoms with Crippen molar-refractivity contribution in [1.82, 2.24) is 20.4 Å². The molecule has 5 nitrogen and oxygen atoms in total. The molecule has 2 N–H and O–H groups in total. The predicted octanol–water partition coefficient (Wildman–Crippen LogP) is 4.42. The topological polar surface area (TPSA) is 55.0 Å². The highest BCUT2D eigenvalue weighted by Crippen LogP contribution is 2.29. The van der Waals surface area contributed by atoms with E-state index in [9.17, 15) is 0 Å². The molecule has 1 fully saturated rings. The predicted molar refractivity (Wildman–Crippen MR) is 115 cm³/mol. The maximum Gasteiger partial charge on any atom is 0.138 e. The number of benzene rings is 2. The van der Waals surface area contributed by atoms with Crippen molar-refractivity contribution >= 4 is 11.0 Å². The Bertz CT molecular complexity index is 1100. The van der Waals surface area contributed by atoms with Gasteiger partial charge in [-0.15, -0.1) is 0 Å². The maximum atomic E-state index is 5.82. The van der Waals surface area contributed by atoms with E-state index >= 15 is 0 Å². The van der Waals surface area contributed by atoms with Gasteiger partial charge in [0.2, 0.25) is 0 Å². The second-order valence-electron chi connectivity index (χ2n) is 7.79. The van der Waals surface area contributed by atoms with Crippen LogP contribution in [0.15, 0.2) is 71.5 Å². The number of aromatic nitrogens is 2. The van der Waals surface area contributed by atoms with Crippen molar-refractivity contribution in [3.05, 3.63) is 78.2 Å². The highest BCUT2D eigenvalue weighted by Gasteiger charge is 2.26. The fourth-order valence-corrected chi connectivity index (χ4v) is 4.45. The average molecular weight is 386 g/mol. The molecule has 5 heteroatoms. The first-order valence-corrected chi connectivity index (χ1v) is 10.3. The number of piperidine rings is 1. The Balaban J connectivity index is 1.42. The lowest BCUT2D eigenvalue weighted by Crippen LogP contribution is -2.45. The summed E-state index contributed by atoms with van der Waals surface area (Å²) in [6.07, 6.45) is 5.96. The zero-order valence-electron chi connectivity index (χ0n) is 16.6. The molecular weight excluding hydrogens is 360 g/mol. The van der Waals surface area contributed by atoms with Gasteiger partial charge in [0.25, 0.3) is 0 Å². The lowest BCUT2D eigenvalue weighted by atomic mass is 9.92. The summed E-state index contributed by atoms with van der Waals surface area (Å²) in [6, 6.07) is 19.9. The average Bonchev–Trinajstić information content (AvgIpc) is 3.41. The number of nitrogens with zero attached hydrogens (tertiary/aromatic N) is 2. The molecule has 5 rings (SSSR count). The zero-order chi connectivity index (χ0) is 19.6. The standard InChI is InChI=1S/C24H26N4O/c1-28-22(9-12-27-28)19-14-18-10-13-29-24(18)20(15-19)16-26-21-8-5-11-25-23(21)17-6-3-2-4-7-17/h2-4,6-7,9-10,12-15,21,23,25-26H,5,8,11,16H2,1H3/t21-,23-/m0/s1. The van der Waals surface area contributed by atoms with E-state index in [-0.39, 0.29) is 0 Å². The highest BCUT2D eigenvalue weighted by molar-refractivity contribution is 5.85. The fourth-order valence-electron chi connectivity index (χ4n) is 4.45. The van der Waals surface area contributed by atoms with Crippen LogP contribution in [0.4, 0.5) is 0 Å². The number of hydrogen-bond donors (Lipinski definition) is 2. The molecule has 0 radical (unpaired) electrons. The molecule has 0 amide bonds. The molecule has 1 saturated heterocycles. The first-order valence-electron chi connectivity index (χ1n) is 10.3. The maximum absolute atomic E-state index is 5.82. The number of aryl methyl sites for hydroxylation is 1. The van der Waals surface area contributed by atoms with Crippen LogP contribution in [0.5, 0.6) is 0 Å². The summed E-state index contributed by atoms with van der Waals surface area (Å²) < 4.78 is 7.74. The van der Waals surface area contributed by atoms with E-state index in [1.54, 1.807) is 6.26 Å². The lowest BCUT2D eigenvalue weighted by Gasteiger charge is -2.34. The van der Waals surface area contributed by atoms with Crippen LogP contribution in [-0.4, -0.2) is 22.4 Å². The molecule has 148 valence electrons. The van der Waals surface area contributed by atoms with Crippen molar-refractivity contribution < 1.29 is 4.42 Å². The van der Waals surface area contributed by atoms with Crippen molar-refractivity contribution in [1.29, 1.82) is 0 Å². The van der Waals surface area contributed by atoms with Gasteiger partial charge in [-0.1, -0.05) is 30.3 Å². The molecule has 2 aromatic carbocycles. The van der Waals surface area contributed by atoms with Gasteiger partial charge in [-0.2, -0.15) is 5.10 Å². The molecule has 2 atom stereocenters. The molecule has 1 aliphatic rings. The Morgan fingerprint density at radius 2 is 2.07 bits per heavy atom. The van der Waals surface area contributed by atoms with Crippen molar-refractivity contribution in [2.24, 2.45) is 7.05 Å². The molecule has 0 aliphatic carbocycles. The first-order chi connectivity index (χ1) is 14.3. The lowest BCUT2D eigenvalue weighted by molar-refractivity contribution is 0.304. The monoisotopic (exact) mass is 386 g/mol. The van der Waals surface area contributed by atoms with Crippen molar-refractivity contribution in [3.63, 3.8) is 0 Å². The summed E-state index contributed by atoms with van der Waals surface area (Å²) in [5.41, 5.74) is 5.76. The molecular formula is C24H26N4O. The summed E-state index contributed by atoms with van der Waals surface area (Å²) in [5, 5.41) is 13.0. The fraction of sp³-hybridized carbons (Fsp3) is 0.292. The van der Waals surface area contributed by atoms with E-state index in [4.69, 9.17) is 4.42 Å². The van der Waals surface area contributed by atoms with Crippen molar-refractivity contribution in [3.8, 4) is 11.3 Å². The molecule has 0 unspecified atom stereocenters. The number of fused-ring (bicyclic) bond motifs is 1. The van der Waals surface area contributed by atoms with Gasteiger partial charge in [-0.05, 0) is 49.2 Å². The normalized spacial score (nSPS) is 19.6. The van der Waals surface area contributed by atoms with Crippen LogP contribution in [0.1, 0.15) is 30.0 Å². The summed E-state index contributed by atoms with van der Waals surface area (Å²) in [6.45, 7) is 1.83. The minimum atomic E-state index is 0.331. The van der Waals surface area contributed by atoms with Gasteiger partial charge < -0.3 is 15.1 Å². The molecule has 1 aliphatic heterocycles. The zero-order valence-corrected chi connectivity index (χ0v) is 16.6. The van der Waals surface area contributed by atoms with Crippen LogP contribution in [-0.2, 0) is 13.6 Å². The van der Waals surface area contributed by atoms with Crippen LogP contribution in [0.25, 0.3) is 22.2 Å². The van der Waals surface area contributed by atoms with E-state index in [0.29, 0.717) is 12.1 Å². The summed E-state index contributed by atoms with van der Waals surface area (Å²) >= 11 is 0. The Morgan fingerprint density at radius 3 is 2.90 bits per heavy atom. The Morgan fingerprint density at radius 1 is 1.17 bits per heavy atom. The smallest absolute Gasteiger partial charge is 0.138 e. The molecule has 29 heavy (non-hydrogen) atoms. The van der Waals surface area contributed by atoms with Gasteiger partial charge in [0.15, 0.2) is 0 Å². The van der Waals surface area contributed by atoms with Crippen molar-refractivity contribution in [2.45, 2.75) is 31.5 Å². The molecule has 0 saturated carbocycles. The molecule has 0 bridgehead atoms. The second kappa shape index (κ2) is 7.85. The van der Waals surface area contributed by atoms with Gasteiger partial charge in [0.05, 0.1) is 12.0 Å². The van der Waals surface area contributed by atoms with E-state index < -0.39 is 0 Å². The van der Waals surface area contributed by atoms with Gasteiger partial charge in [-0.3, -0.25) is 4.68 Å². The van der Waals surface area contributed by atoms with Gasteiger partial charge in [0, 0.05) is 48.4 Å². The minimum Gasteiger partial charge on any atom is -0.464 e. The van der Waals surface area contributed by atoms with Crippen LogP contribution in [0, 0.1) is 0 Å². The quantitative estimate of drug-likeness (QED) is 0.533. The summed E-state index contributed by atoms with van der Waals surface area (Å²) in [5.74, 6) is 0. The Labute approximate surface area is 170 Å². The van der Waals surface area contributed by atoms with Gasteiger partial charge in [0.1, 0.15) is 5.58 Å². The number of rotatable bonds is 5. The van der Waals surface area contributed by atoms with Crippen LogP contribution < -0.4 is 10.6 Å². The third-order valence-corrected chi connectivity index (χ3v) is 5.92. The van der Waals surface area contributed by atoms with Crippen LogP contribution in [0.3, 0.4) is 0 Å². The summed E-state index contributed by atoms with van der Waals surface area (Å²) in [7, 11) is 1.98. The number of nitrogens with one attached hydrogen (secondary N) is 2. The highest BCUT2D eigenvalue weighted by atomic mass is 16.3. The number of furan rings is 1. The van der Waals surface area contributed by atoms with Crippen LogP contribution >= 0.6 is 0 Å². The molecule has 4 aromatic rings. The van der Waals surface area contributed by atoms with E-state index in [2.05, 4.69) is 64.3 Å². The molecule has 3 heterocycles. The summed E-state index contributed by atoms with van der Waals surface area (Å²) in [4.78, 5) is 0. The minimum absolute atomic E-state index is 0.331. The Hall–Kier alpha value is -2.89. The van der Waals surface area contributed by atoms with Gasteiger partial charge in [-0.25, -0.2) is 0 Å². The van der Waals surface area contributed by atoms with E-state index in [1.807, 2.05) is 24.0 Å². The largest absolute Gasteiger partial charge is 0.464 e. The second-order valence-corrected chi connectivity index (χ2v) is 7.79. The number of hydrogen-bond acceptors (Lipinski definition) is 4. The SMILES string of the molecule is Cn1nccc1-c1cc(CN[C@H]2CCCN[C@H]2c2ccccc2)c2occc2c1. The first kappa shape index (κ1) is 18.2. The molecule has 2 aromatic heterocycles. The Kier molecular flexibility index (Phi) is 4.92. The molecule has 0 spiro atoms. The van der Waals surface area contributed by atoms with Crippen LogP contribution in [0.2, 0.25) is 0 Å². The van der Waals surface area contributed by atoms with Gasteiger partial charge >= 0.3 is 0 Å². The van der Waals surface area contributed by atoms with Crippen molar-refractivity contribution in [2.75, 3.05) is 6.54 Å². The van der Waals surface area contributed by atoms with E-state index in [0.717, 1.165) is 41.7 Å². The third kappa shape index (κ3) is 3.59.